The Kier molecular flexibility index (Phi) is 6.80. The minimum atomic E-state index is -3.76. The monoisotopic (exact) mass is 472 g/mol. The average molecular weight is 473 g/mol. The third kappa shape index (κ3) is 4.90. The van der Waals surface area contributed by atoms with Gasteiger partial charge in [0.25, 0.3) is 11.3 Å². The Morgan fingerprint density at radius 3 is 2.66 bits per heavy atom. The fourth-order valence-electron chi connectivity index (χ4n) is 2.29. The lowest BCUT2D eigenvalue weighted by atomic mass is 10.3. The number of sulfone groups is 1. The molecule has 1 atom stereocenters. The summed E-state index contributed by atoms with van der Waals surface area (Å²) in [7, 11) is -3.76. The first-order chi connectivity index (χ1) is 13.8. The number of benzene rings is 1. The van der Waals surface area contributed by atoms with Crippen molar-refractivity contribution >= 4 is 59.9 Å². The van der Waals surface area contributed by atoms with Crippen LogP contribution < -0.4 is 9.04 Å². The summed E-state index contributed by atoms with van der Waals surface area (Å²) in [5.74, 6) is -0.424. The third-order valence-electron chi connectivity index (χ3n) is 3.60. The van der Waals surface area contributed by atoms with Crippen LogP contribution in [0.5, 0.6) is 5.06 Å². The molecule has 1 N–H and O–H groups in total. The van der Waals surface area contributed by atoms with E-state index in [1.807, 2.05) is 6.92 Å². The van der Waals surface area contributed by atoms with Crippen LogP contribution in [0.2, 0.25) is 0 Å². The molecule has 0 aliphatic rings. The van der Waals surface area contributed by atoms with Crippen LogP contribution in [0.1, 0.15) is 19.8 Å². The van der Waals surface area contributed by atoms with Crippen molar-refractivity contribution in [2.75, 3.05) is 4.31 Å². The smallest absolute Gasteiger partial charge is 0.312 e. The summed E-state index contributed by atoms with van der Waals surface area (Å²) in [6.07, 6.45) is 2.16. The lowest BCUT2D eigenvalue weighted by molar-refractivity contribution is -0.134. The fraction of sp³-hybridized carbons (Fsp3) is 0.176. The summed E-state index contributed by atoms with van der Waals surface area (Å²) < 4.78 is 53.2. The maximum Gasteiger partial charge on any atom is 0.312 e. The van der Waals surface area contributed by atoms with Gasteiger partial charge in [-0.25, -0.2) is 21.9 Å². The van der Waals surface area contributed by atoms with E-state index in [2.05, 4.69) is 4.98 Å². The molecule has 3 rings (SSSR count). The average Bonchev–Trinajstić information content (AvgIpc) is 3.33. The van der Waals surface area contributed by atoms with Crippen molar-refractivity contribution in [1.82, 2.24) is 4.98 Å². The first-order valence-corrected chi connectivity index (χ1v) is 12.5. The molecule has 0 radical (unpaired) electrons. The molecule has 0 spiro atoms. The lowest BCUT2D eigenvalue weighted by Crippen LogP contribution is -2.17. The Bertz CT molecular complexity index is 1120. The maximum absolute atomic E-state index is 12.7. The van der Waals surface area contributed by atoms with Gasteiger partial charge in [-0.2, -0.15) is 0 Å². The number of carbonyl (C=O) groups excluding carboxylic acids is 1. The molecule has 154 valence electrons. The minimum absolute atomic E-state index is 0.00491. The summed E-state index contributed by atoms with van der Waals surface area (Å²) >= 11 is -0.616. The van der Waals surface area contributed by atoms with Crippen LogP contribution in [0, 0.1) is 0 Å². The van der Waals surface area contributed by atoms with Crippen LogP contribution in [0.25, 0.3) is 0 Å². The molecule has 0 fully saturated rings. The molecule has 0 aliphatic carbocycles. The SMILES string of the molecule is CCCC(=O)Oc1cnc(N(c2cc(S(=O)(=O)c3ccccc3)cs2)S(=O)O)s1. The predicted molar refractivity (Wildman–Crippen MR) is 112 cm³/mol. The largest absolute Gasteiger partial charge is 0.414 e. The topological polar surface area (TPSA) is 114 Å². The van der Waals surface area contributed by atoms with Crippen LogP contribution in [0.4, 0.5) is 10.1 Å². The molecule has 29 heavy (non-hydrogen) atoms. The summed E-state index contributed by atoms with van der Waals surface area (Å²) in [6.45, 7) is 1.84. The van der Waals surface area contributed by atoms with Crippen LogP contribution in [0.15, 0.2) is 57.8 Å². The minimum Gasteiger partial charge on any atom is -0.414 e. The number of thiazole rings is 1. The van der Waals surface area contributed by atoms with Gasteiger partial charge in [0.2, 0.25) is 20.0 Å². The molecule has 0 amide bonds. The van der Waals surface area contributed by atoms with E-state index in [0.717, 1.165) is 27.0 Å². The van der Waals surface area contributed by atoms with Crippen molar-refractivity contribution in [3.8, 4) is 5.06 Å². The van der Waals surface area contributed by atoms with Crippen molar-refractivity contribution in [3.63, 3.8) is 0 Å². The van der Waals surface area contributed by atoms with Gasteiger partial charge in [0.05, 0.1) is 16.0 Å². The Morgan fingerprint density at radius 1 is 1.28 bits per heavy atom. The maximum atomic E-state index is 12.7. The number of anilines is 2. The standard InChI is InChI=1S/C17H16N2O6S4/c1-2-6-15(20)25-16-10-18-17(27-16)19(28(21)22)14-9-13(11-26-14)29(23,24)12-7-4-3-5-8-12/h3-5,7-11H,2,6H2,1H3,(H,21,22). The second-order valence-corrected chi connectivity index (χ2v) is 10.3. The van der Waals surface area contributed by atoms with Crippen LogP contribution >= 0.6 is 22.7 Å². The van der Waals surface area contributed by atoms with Gasteiger partial charge in [-0.1, -0.05) is 36.5 Å². The number of aromatic nitrogens is 1. The van der Waals surface area contributed by atoms with Crippen molar-refractivity contribution in [2.24, 2.45) is 0 Å². The molecule has 0 saturated carbocycles. The Hall–Kier alpha value is -2.12. The molecule has 1 unspecified atom stereocenters. The molecule has 3 aromatic rings. The lowest BCUT2D eigenvalue weighted by Gasteiger charge is -2.13. The highest BCUT2D eigenvalue weighted by molar-refractivity contribution is 7.91. The number of thiophene rings is 1. The van der Waals surface area contributed by atoms with Crippen molar-refractivity contribution in [3.05, 3.63) is 48.0 Å². The van der Waals surface area contributed by atoms with E-state index in [4.69, 9.17) is 4.74 Å². The molecule has 0 saturated heterocycles. The second-order valence-electron chi connectivity index (χ2n) is 5.65. The third-order valence-corrected chi connectivity index (χ3v) is 8.18. The molecule has 2 aromatic heterocycles. The van der Waals surface area contributed by atoms with Gasteiger partial charge < -0.3 is 4.74 Å². The molecule has 8 nitrogen and oxygen atoms in total. The number of carbonyl (C=O) groups is 1. The molecule has 1 aromatic carbocycles. The predicted octanol–water partition coefficient (Wildman–Crippen LogP) is 4.02. The van der Waals surface area contributed by atoms with Gasteiger partial charge >= 0.3 is 5.97 Å². The zero-order chi connectivity index (χ0) is 21.0. The van der Waals surface area contributed by atoms with Crippen LogP contribution in [-0.2, 0) is 25.9 Å². The summed E-state index contributed by atoms with van der Waals surface area (Å²) in [5, 5.41) is 1.88. The highest BCUT2D eigenvalue weighted by Crippen LogP contribution is 2.39. The molecule has 2 heterocycles. The molecule has 12 heteroatoms. The second kappa shape index (κ2) is 9.13. The Morgan fingerprint density at radius 2 is 2.00 bits per heavy atom. The van der Waals surface area contributed by atoms with Crippen molar-refractivity contribution in [1.29, 1.82) is 0 Å². The van der Waals surface area contributed by atoms with E-state index in [-0.39, 0.29) is 31.4 Å². The van der Waals surface area contributed by atoms with E-state index in [9.17, 15) is 22.0 Å². The first-order valence-electron chi connectivity index (χ1n) is 8.29. The molecular weight excluding hydrogens is 456 g/mol. The van der Waals surface area contributed by atoms with E-state index in [1.165, 1.54) is 29.8 Å². The highest BCUT2D eigenvalue weighted by atomic mass is 32.2. The van der Waals surface area contributed by atoms with Crippen LogP contribution in [0.3, 0.4) is 0 Å². The molecule has 0 bridgehead atoms. The summed E-state index contributed by atoms with van der Waals surface area (Å²) in [5.41, 5.74) is 0. The van der Waals surface area contributed by atoms with E-state index >= 15 is 0 Å². The first kappa shape index (κ1) is 21.6. The summed E-state index contributed by atoms with van der Waals surface area (Å²) in [6, 6.07) is 9.21. The molecular formula is C17H16N2O6S4. The van der Waals surface area contributed by atoms with Gasteiger partial charge in [-0.3, -0.25) is 9.35 Å². The Labute approximate surface area is 178 Å². The van der Waals surface area contributed by atoms with Crippen molar-refractivity contribution in [2.45, 2.75) is 29.6 Å². The zero-order valence-corrected chi connectivity index (χ0v) is 18.3. The highest BCUT2D eigenvalue weighted by Gasteiger charge is 2.25. The van der Waals surface area contributed by atoms with E-state index in [1.54, 1.807) is 18.2 Å². The Balaban J connectivity index is 1.89. The van der Waals surface area contributed by atoms with Gasteiger partial charge in [-0.15, -0.1) is 11.3 Å². The zero-order valence-electron chi connectivity index (χ0n) is 15.0. The van der Waals surface area contributed by atoms with Gasteiger partial charge in [0.15, 0.2) is 0 Å². The van der Waals surface area contributed by atoms with Gasteiger partial charge in [0.1, 0.15) is 5.00 Å². The summed E-state index contributed by atoms with van der Waals surface area (Å²) in [4.78, 5) is 15.8. The van der Waals surface area contributed by atoms with E-state index < -0.39 is 27.1 Å². The van der Waals surface area contributed by atoms with Crippen molar-refractivity contribution < 1.29 is 26.7 Å². The normalized spacial score (nSPS) is 12.5. The van der Waals surface area contributed by atoms with E-state index in [0.29, 0.717) is 6.42 Å². The number of hydrogen-bond acceptors (Lipinski definition) is 8. The number of nitrogens with zero attached hydrogens (tertiary/aromatic N) is 2. The van der Waals surface area contributed by atoms with Gasteiger partial charge in [0, 0.05) is 11.8 Å². The fourth-order valence-corrected chi connectivity index (χ4v) is 6.53. The van der Waals surface area contributed by atoms with Gasteiger partial charge in [-0.05, 0) is 24.6 Å². The molecule has 0 aliphatic heterocycles. The number of ether oxygens (including phenoxy) is 1. The number of esters is 1. The number of hydrogen-bond donors (Lipinski definition) is 1. The number of rotatable bonds is 8. The van der Waals surface area contributed by atoms with Crippen LogP contribution in [-0.4, -0.2) is 28.1 Å². The quantitative estimate of drug-likeness (QED) is 0.389.